The first-order valence-corrected chi connectivity index (χ1v) is 6.38. The van der Waals surface area contributed by atoms with Crippen molar-refractivity contribution in [2.24, 2.45) is 16.5 Å². The Labute approximate surface area is 104 Å². The van der Waals surface area contributed by atoms with Crippen LogP contribution in [0.15, 0.2) is 4.99 Å². The topological polar surface area (TPSA) is 93.5 Å². The second-order valence-electron chi connectivity index (χ2n) is 4.34. The zero-order valence-corrected chi connectivity index (χ0v) is 11.0. The van der Waals surface area contributed by atoms with E-state index in [4.69, 9.17) is 11.5 Å². The van der Waals surface area contributed by atoms with Gasteiger partial charge >= 0.3 is 0 Å². The third kappa shape index (κ3) is 11.0. The van der Waals surface area contributed by atoms with Crippen LogP contribution < -0.4 is 16.8 Å². The van der Waals surface area contributed by atoms with E-state index in [1.54, 1.807) is 6.92 Å². The predicted octanol–water partition coefficient (Wildman–Crippen LogP) is 1.13. The maximum Gasteiger partial charge on any atom is 0.217 e. The molecule has 1 amide bonds. The number of guanidine groups is 1. The molecule has 0 aromatic carbocycles. The largest absolute Gasteiger partial charge is 0.370 e. The average molecular weight is 242 g/mol. The zero-order valence-electron chi connectivity index (χ0n) is 11.0. The van der Waals surface area contributed by atoms with Crippen molar-refractivity contribution in [3.05, 3.63) is 0 Å². The molecule has 0 radical (unpaired) electrons. The Hall–Kier alpha value is -1.26. The van der Waals surface area contributed by atoms with Gasteiger partial charge in [0.05, 0.1) is 0 Å². The first kappa shape index (κ1) is 15.7. The van der Waals surface area contributed by atoms with Gasteiger partial charge in [-0.15, -0.1) is 0 Å². The molecule has 100 valence electrons. The molecule has 5 N–H and O–H groups in total. The molecule has 17 heavy (non-hydrogen) atoms. The summed E-state index contributed by atoms with van der Waals surface area (Å²) < 4.78 is 0. The van der Waals surface area contributed by atoms with Crippen LogP contribution in [0.1, 0.15) is 52.4 Å². The van der Waals surface area contributed by atoms with E-state index < -0.39 is 0 Å². The van der Waals surface area contributed by atoms with Crippen LogP contribution in [0, 0.1) is 0 Å². The maximum absolute atomic E-state index is 10.6. The Morgan fingerprint density at radius 3 is 2.24 bits per heavy atom. The number of nitrogens with one attached hydrogen (secondary N) is 1. The molecule has 0 unspecified atom stereocenters. The van der Waals surface area contributed by atoms with Crippen LogP contribution in [-0.4, -0.2) is 24.5 Å². The molecule has 5 heteroatoms. The van der Waals surface area contributed by atoms with Crippen LogP contribution >= 0.6 is 0 Å². The van der Waals surface area contributed by atoms with Crippen molar-refractivity contribution in [2.75, 3.05) is 6.54 Å². The Morgan fingerprint density at radius 2 is 1.88 bits per heavy atom. The van der Waals surface area contributed by atoms with Crippen molar-refractivity contribution in [1.82, 2.24) is 5.32 Å². The second-order valence-corrected chi connectivity index (χ2v) is 4.34. The van der Waals surface area contributed by atoms with Crippen LogP contribution in [0.4, 0.5) is 0 Å². The summed E-state index contributed by atoms with van der Waals surface area (Å²) in [5.74, 6) is 0.300. The summed E-state index contributed by atoms with van der Waals surface area (Å²) in [4.78, 5) is 14.3. The molecule has 1 fully saturated rings. The summed E-state index contributed by atoms with van der Waals surface area (Å²) in [6.07, 6.45) is 7.27. The highest BCUT2D eigenvalue weighted by molar-refractivity contribution is 5.75. The number of nitrogens with zero attached hydrogens (tertiary/aromatic N) is 1. The van der Waals surface area contributed by atoms with Gasteiger partial charge in [0.25, 0.3) is 0 Å². The van der Waals surface area contributed by atoms with Gasteiger partial charge in [-0.2, -0.15) is 0 Å². The van der Waals surface area contributed by atoms with E-state index in [1.165, 1.54) is 32.1 Å². The Bertz CT molecular complexity index is 231. The van der Waals surface area contributed by atoms with Gasteiger partial charge in [0.2, 0.25) is 5.91 Å². The molecule has 0 aromatic rings. The monoisotopic (exact) mass is 242 g/mol. The summed E-state index contributed by atoms with van der Waals surface area (Å²) in [5.41, 5.74) is 10.0. The van der Waals surface area contributed by atoms with E-state index in [0.717, 1.165) is 13.0 Å². The lowest BCUT2D eigenvalue weighted by atomic mass is 9.95. The molecule has 0 bridgehead atoms. The van der Waals surface area contributed by atoms with E-state index in [1.807, 2.05) is 6.92 Å². The van der Waals surface area contributed by atoms with Crippen molar-refractivity contribution in [3.63, 3.8) is 0 Å². The predicted molar refractivity (Wildman–Crippen MR) is 71.7 cm³/mol. The van der Waals surface area contributed by atoms with Crippen LogP contribution in [0.3, 0.4) is 0 Å². The SMILES string of the molecule is CC(=O)NC1CCCCC1.CCCN=C(N)N. The van der Waals surface area contributed by atoms with Gasteiger partial charge in [-0.3, -0.25) is 9.79 Å². The van der Waals surface area contributed by atoms with Crippen molar-refractivity contribution >= 4 is 11.9 Å². The summed E-state index contributed by atoms with van der Waals surface area (Å²) in [5, 5.41) is 2.94. The van der Waals surface area contributed by atoms with Gasteiger partial charge in [0, 0.05) is 19.5 Å². The van der Waals surface area contributed by atoms with Crippen molar-refractivity contribution in [2.45, 2.75) is 58.4 Å². The van der Waals surface area contributed by atoms with Crippen LogP contribution in [-0.2, 0) is 4.79 Å². The standard InChI is InChI=1S/C8H15NO.C4H11N3/c1-7(10)9-8-5-3-2-4-6-8;1-2-3-7-4(5)6/h8H,2-6H2,1H3,(H,9,10);2-3H2,1H3,(H4,5,6,7). The fourth-order valence-electron chi connectivity index (χ4n) is 1.78. The molecule has 0 aromatic heterocycles. The highest BCUT2D eigenvalue weighted by Gasteiger charge is 2.12. The highest BCUT2D eigenvalue weighted by Crippen LogP contribution is 2.16. The smallest absolute Gasteiger partial charge is 0.217 e. The lowest BCUT2D eigenvalue weighted by Gasteiger charge is -2.21. The quantitative estimate of drug-likeness (QED) is 0.511. The normalized spacial score (nSPS) is 15.4. The van der Waals surface area contributed by atoms with Crippen molar-refractivity contribution in [1.29, 1.82) is 0 Å². The Kier molecular flexibility index (Phi) is 9.19. The Balaban J connectivity index is 0.000000325. The summed E-state index contributed by atoms with van der Waals surface area (Å²) in [6, 6.07) is 0.478. The average Bonchev–Trinajstić information content (AvgIpc) is 2.27. The van der Waals surface area contributed by atoms with E-state index >= 15 is 0 Å². The van der Waals surface area contributed by atoms with E-state index in [2.05, 4.69) is 10.3 Å². The molecule has 1 aliphatic carbocycles. The highest BCUT2D eigenvalue weighted by atomic mass is 16.1. The fraction of sp³-hybridized carbons (Fsp3) is 0.833. The number of nitrogens with two attached hydrogens (primary N) is 2. The fourth-order valence-corrected chi connectivity index (χ4v) is 1.78. The summed E-state index contributed by atoms with van der Waals surface area (Å²) in [7, 11) is 0. The summed E-state index contributed by atoms with van der Waals surface area (Å²) in [6.45, 7) is 4.35. The first-order chi connectivity index (χ1) is 8.06. The number of aliphatic imine (C=N–C) groups is 1. The van der Waals surface area contributed by atoms with Gasteiger partial charge in [0.1, 0.15) is 0 Å². The van der Waals surface area contributed by atoms with Crippen molar-refractivity contribution < 1.29 is 4.79 Å². The summed E-state index contributed by atoms with van der Waals surface area (Å²) >= 11 is 0. The lowest BCUT2D eigenvalue weighted by molar-refractivity contribution is -0.119. The molecule has 1 saturated carbocycles. The van der Waals surface area contributed by atoms with Gasteiger partial charge in [-0.1, -0.05) is 26.2 Å². The number of amides is 1. The number of hydrogen-bond donors (Lipinski definition) is 3. The van der Waals surface area contributed by atoms with Gasteiger partial charge < -0.3 is 16.8 Å². The second kappa shape index (κ2) is 9.93. The molecule has 0 spiro atoms. The number of carbonyl (C=O) groups is 1. The first-order valence-electron chi connectivity index (χ1n) is 6.38. The van der Waals surface area contributed by atoms with E-state index in [9.17, 15) is 4.79 Å². The molecular weight excluding hydrogens is 216 g/mol. The van der Waals surface area contributed by atoms with Crippen LogP contribution in [0.25, 0.3) is 0 Å². The molecule has 0 heterocycles. The number of carbonyl (C=O) groups excluding carboxylic acids is 1. The van der Waals surface area contributed by atoms with Crippen LogP contribution in [0.2, 0.25) is 0 Å². The molecule has 0 atom stereocenters. The minimum absolute atomic E-state index is 0.118. The third-order valence-corrected chi connectivity index (χ3v) is 2.53. The molecule has 1 aliphatic rings. The minimum atomic E-state index is 0.118. The maximum atomic E-state index is 10.6. The molecule has 5 nitrogen and oxygen atoms in total. The lowest BCUT2D eigenvalue weighted by Crippen LogP contribution is -2.34. The third-order valence-electron chi connectivity index (χ3n) is 2.53. The van der Waals surface area contributed by atoms with E-state index in [-0.39, 0.29) is 11.9 Å². The van der Waals surface area contributed by atoms with Gasteiger partial charge in [0.15, 0.2) is 5.96 Å². The molecule has 0 saturated heterocycles. The minimum Gasteiger partial charge on any atom is -0.370 e. The van der Waals surface area contributed by atoms with Crippen molar-refractivity contribution in [3.8, 4) is 0 Å². The zero-order chi connectivity index (χ0) is 13.1. The molecular formula is C12H26N4O. The number of hydrogen-bond acceptors (Lipinski definition) is 2. The van der Waals surface area contributed by atoms with Gasteiger partial charge in [-0.25, -0.2) is 0 Å². The Morgan fingerprint density at radius 1 is 1.29 bits per heavy atom. The van der Waals surface area contributed by atoms with Gasteiger partial charge in [-0.05, 0) is 19.3 Å². The molecule has 0 aliphatic heterocycles. The molecule has 1 rings (SSSR count). The van der Waals surface area contributed by atoms with E-state index in [0.29, 0.717) is 6.04 Å². The van der Waals surface area contributed by atoms with Crippen LogP contribution in [0.5, 0.6) is 0 Å². The number of rotatable bonds is 3.